The number of rotatable bonds is 8. The van der Waals surface area contributed by atoms with E-state index in [1.807, 2.05) is 12.1 Å². The van der Waals surface area contributed by atoms with Gasteiger partial charge in [-0.15, -0.1) is 0 Å². The molecule has 0 aliphatic rings. The molecule has 0 heterocycles. The third-order valence-electron chi connectivity index (χ3n) is 2.75. The Balaban J connectivity index is 3.02. The first-order valence-corrected chi connectivity index (χ1v) is 6.40. The van der Waals surface area contributed by atoms with Crippen LogP contribution in [0, 0.1) is 0 Å². The van der Waals surface area contributed by atoms with E-state index in [1.54, 1.807) is 0 Å². The van der Waals surface area contributed by atoms with E-state index in [0.29, 0.717) is 13.2 Å². The summed E-state index contributed by atoms with van der Waals surface area (Å²) in [6.07, 6.45) is 1.69. The van der Waals surface area contributed by atoms with Crippen molar-refractivity contribution < 1.29 is 19.7 Å². The third kappa shape index (κ3) is 3.62. The van der Waals surface area contributed by atoms with Gasteiger partial charge in [-0.1, -0.05) is 13.8 Å². The summed E-state index contributed by atoms with van der Waals surface area (Å²) in [5.74, 6) is 1.61. The number of aliphatic hydroxyl groups is 2. The van der Waals surface area contributed by atoms with Crippen molar-refractivity contribution >= 4 is 0 Å². The standard InChI is InChI=1S/C14H22O4/c1-3-11-12(4-2)14(18-10-8-16)6-5-13(11)17-9-7-15/h5-6,15-16H,3-4,7-10H2,1-2H3. The highest BCUT2D eigenvalue weighted by atomic mass is 16.5. The van der Waals surface area contributed by atoms with E-state index in [2.05, 4.69) is 13.8 Å². The van der Waals surface area contributed by atoms with Gasteiger partial charge in [0.05, 0.1) is 13.2 Å². The molecule has 0 bridgehead atoms. The molecule has 0 spiro atoms. The van der Waals surface area contributed by atoms with Crippen LogP contribution in [-0.4, -0.2) is 36.6 Å². The van der Waals surface area contributed by atoms with Crippen LogP contribution in [0.1, 0.15) is 25.0 Å². The minimum absolute atomic E-state index is 0.00732. The largest absolute Gasteiger partial charge is 0.491 e. The maximum absolute atomic E-state index is 8.81. The molecule has 4 nitrogen and oxygen atoms in total. The Morgan fingerprint density at radius 3 is 1.50 bits per heavy atom. The maximum Gasteiger partial charge on any atom is 0.123 e. The van der Waals surface area contributed by atoms with Gasteiger partial charge in [0.25, 0.3) is 0 Å². The van der Waals surface area contributed by atoms with E-state index in [1.165, 1.54) is 0 Å². The van der Waals surface area contributed by atoms with Gasteiger partial charge in [0.2, 0.25) is 0 Å². The van der Waals surface area contributed by atoms with Gasteiger partial charge < -0.3 is 19.7 Å². The van der Waals surface area contributed by atoms with E-state index in [0.717, 1.165) is 35.5 Å². The number of ether oxygens (including phenoxy) is 2. The number of hydrogen-bond acceptors (Lipinski definition) is 4. The summed E-state index contributed by atoms with van der Waals surface area (Å²) in [5.41, 5.74) is 2.22. The molecular formula is C14H22O4. The fraction of sp³-hybridized carbons (Fsp3) is 0.571. The van der Waals surface area contributed by atoms with Crippen molar-refractivity contribution in [1.29, 1.82) is 0 Å². The number of aliphatic hydroxyl groups excluding tert-OH is 2. The lowest BCUT2D eigenvalue weighted by Gasteiger charge is -2.17. The topological polar surface area (TPSA) is 58.9 Å². The molecule has 4 heteroatoms. The van der Waals surface area contributed by atoms with Gasteiger partial charge in [0.15, 0.2) is 0 Å². The predicted octanol–water partition coefficient (Wildman–Crippen LogP) is 1.55. The van der Waals surface area contributed by atoms with Gasteiger partial charge in [0.1, 0.15) is 24.7 Å². The average Bonchev–Trinajstić information content (AvgIpc) is 2.42. The second-order valence-electron chi connectivity index (χ2n) is 3.87. The molecule has 0 unspecified atom stereocenters. The smallest absolute Gasteiger partial charge is 0.123 e. The highest BCUT2D eigenvalue weighted by Crippen LogP contribution is 2.31. The summed E-state index contributed by atoms with van der Waals surface area (Å²) < 4.78 is 11.0. The van der Waals surface area contributed by atoms with Crippen LogP contribution in [0.5, 0.6) is 11.5 Å². The summed E-state index contributed by atoms with van der Waals surface area (Å²) in [5, 5.41) is 17.6. The lowest BCUT2D eigenvalue weighted by Crippen LogP contribution is -2.08. The van der Waals surface area contributed by atoms with E-state index in [9.17, 15) is 0 Å². The minimum Gasteiger partial charge on any atom is -0.491 e. The quantitative estimate of drug-likeness (QED) is 0.739. The fourth-order valence-electron chi connectivity index (χ4n) is 2.01. The van der Waals surface area contributed by atoms with Gasteiger partial charge in [-0.25, -0.2) is 0 Å². The van der Waals surface area contributed by atoms with Crippen LogP contribution in [0.3, 0.4) is 0 Å². The molecule has 0 saturated heterocycles. The van der Waals surface area contributed by atoms with Crippen LogP contribution < -0.4 is 9.47 Å². The second kappa shape index (κ2) is 7.95. The zero-order chi connectivity index (χ0) is 13.4. The number of hydrogen-bond donors (Lipinski definition) is 2. The van der Waals surface area contributed by atoms with Crippen LogP contribution in [0.2, 0.25) is 0 Å². The molecule has 0 aromatic heterocycles. The Hall–Kier alpha value is -1.26. The molecule has 0 amide bonds. The molecule has 0 fully saturated rings. The molecule has 0 saturated carbocycles. The van der Waals surface area contributed by atoms with Gasteiger partial charge in [-0.05, 0) is 25.0 Å². The lowest BCUT2D eigenvalue weighted by atomic mass is 10.0. The van der Waals surface area contributed by atoms with Gasteiger partial charge in [-0.3, -0.25) is 0 Å². The summed E-state index contributed by atoms with van der Waals surface area (Å²) in [7, 11) is 0. The minimum atomic E-state index is 0.00732. The van der Waals surface area contributed by atoms with Crippen molar-refractivity contribution in [3.63, 3.8) is 0 Å². The van der Waals surface area contributed by atoms with Gasteiger partial charge in [-0.2, -0.15) is 0 Å². The Kier molecular flexibility index (Phi) is 6.54. The highest BCUT2D eigenvalue weighted by molar-refractivity contribution is 5.48. The Bertz CT molecular complexity index is 328. The molecule has 1 rings (SSSR count). The zero-order valence-electron chi connectivity index (χ0n) is 11.1. The van der Waals surface area contributed by atoms with Crippen molar-refractivity contribution in [2.45, 2.75) is 26.7 Å². The van der Waals surface area contributed by atoms with Crippen LogP contribution in [0.15, 0.2) is 12.1 Å². The molecule has 0 radical (unpaired) electrons. The Morgan fingerprint density at radius 2 is 1.22 bits per heavy atom. The predicted molar refractivity (Wildman–Crippen MR) is 70.4 cm³/mol. The molecule has 0 aliphatic heterocycles. The van der Waals surface area contributed by atoms with Crippen molar-refractivity contribution in [2.24, 2.45) is 0 Å². The lowest BCUT2D eigenvalue weighted by molar-refractivity contribution is 0.196. The molecule has 2 N–H and O–H groups in total. The summed E-state index contributed by atoms with van der Waals surface area (Å²) in [6, 6.07) is 3.72. The number of benzene rings is 1. The van der Waals surface area contributed by atoms with Crippen molar-refractivity contribution in [2.75, 3.05) is 26.4 Å². The van der Waals surface area contributed by atoms with Crippen LogP contribution in [0.4, 0.5) is 0 Å². The van der Waals surface area contributed by atoms with Crippen molar-refractivity contribution in [3.05, 3.63) is 23.3 Å². The first-order valence-electron chi connectivity index (χ1n) is 6.40. The molecule has 0 atom stereocenters. The molecule has 18 heavy (non-hydrogen) atoms. The van der Waals surface area contributed by atoms with Gasteiger partial charge >= 0.3 is 0 Å². The zero-order valence-corrected chi connectivity index (χ0v) is 11.1. The SMILES string of the molecule is CCc1c(OCCO)ccc(OCCO)c1CC. The molecular weight excluding hydrogens is 232 g/mol. The average molecular weight is 254 g/mol. The van der Waals surface area contributed by atoms with E-state index >= 15 is 0 Å². The normalized spacial score (nSPS) is 10.4. The van der Waals surface area contributed by atoms with Gasteiger partial charge in [0, 0.05) is 11.1 Å². The first-order chi connectivity index (χ1) is 8.78. The van der Waals surface area contributed by atoms with Crippen LogP contribution in [-0.2, 0) is 12.8 Å². The van der Waals surface area contributed by atoms with Crippen LogP contribution in [0.25, 0.3) is 0 Å². The first kappa shape index (κ1) is 14.8. The Labute approximate surface area is 108 Å². The third-order valence-corrected chi connectivity index (χ3v) is 2.75. The maximum atomic E-state index is 8.81. The monoisotopic (exact) mass is 254 g/mol. The molecule has 0 aliphatic carbocycles. The summed E-state index contributed by atoms with van der Waals surface area (Å²) >= 11 is 0. The second-order valence-corrected chi connectivity index (χ2v) is 3.87. The van der Waals surface area contributed by atoms with Crippen LogP contribution >= 0.6 is 0 Å². The van der Waals surface area contributed by atoms with E-state index in [-0.39, 0.29) is 13.2 Å². The fourth-order valence-corrected chi connectivity index (χ4v) is 2.01. The molecule has 1 aromatic carbocycles. The molecule has 1 aromatic rings. The summed E-state index contributed by atoms with van der Waals surface area (Å²) in [6.45, 7) is 4.74. The Morgan fingerprint density at radius 1 is 0.833 bits per heavy atom. The van der Waals surface area contributed by atoms with Crippen molar-refractivity contribution in [1.82, 2.24) is 0 Å². The van der Waals surface area contributed by atoms with E-state index < -0.39 is 0 Å². The summed E-state index contributed by atoms with van der Waals surface area (Å²) in [4.78, 5) is 0. The molecule has 102 valence electrons. The van der Waals surface area contributed by atoms with E-state index in [4.69, 9.17) is 19.7 Å². The van der Waals surface area contributed by atoms with Crippen molar-refractivity contribution in [3.8, 4) is 11.5 Å². The highest BCUT2D eigenvalue weighted by Gasteiger charge is 2.12.